The molecule has 1 rings (SSSR count). The maximum Gasteiger partial charge on any atom is 0.229 e. The number of carbonyl (C=O) groups excluding carboxylic acids is 2. The highest BCUT2D eigenvalue weighted by Gasteiger charge is 2.29. The Hall–Kier alpha value is -0.900. The minimum absolute atomic E-state index is 0.137. The smallest absolute Gasteiger partial charge is 0.229 e. The van der Waals surface area contributed by atoms with Crippen molar-refractivity contribution in [3.05, 3.63) is 0 Å². The van der Waals surface area contributed by atoms with Gasteiger partial charge < -0.3 is 5.11 Å². The highest BCUT2D eigenvalue weighted by Crippen LogP contribution is 2.11. The molecular formula is C7H11NO3. The van der Waals surface area contributed by atoms with E-state index in [0.717, 1.165) is 4.90 Å². The monoisotopic (exact) mass is 157 g/mol. The standard InChI is InChI=1S/C7H11NO3/c1-5(9)4-8-6(10)2-3-7(8)11/h5,9H,2-4H2,1H3/t5-/m1/s1. The zero-order valence-electron chi connectivity index (χ0n) is 6.41. The van der Waals surface area contributed by atoms with Crippen LogP contribution >= 0.6 is 0 Å². The Morgan fingerprint density at radius 1 is 1.45 bits per heavy atom. The van der Waals surface area contributed by atoms with Crippen molar-refractivity contribution in [3.8, 4) is 0 Å². The molecule has 4 heteroatoms. The molecule has 1 fully saturated rings. The van der Waals surface area contributed by atoms with Gasteiger partial charge in [0.05, 0.1) is 12.6 Å². The molecule has 0 unspecified atom stereocenters. The summed E-state index contributed by atoms with van der Waals surface area (Å²) >= 11 is 0. The fourth-order valence-electron chi connectivity index (χ4n) is 1.09. The first-order valence-electron chi connectivity index (χ1n) is 3.62. The lowest BCUT2D eigenvalue weighted by molar-refractivity contribution is -0.139. The van der Waals surface area contributed by atoms with E-state index in [1.54, 1.807) is 6.92 Å². The maximum atomic E-state index is 10.9. The van der Waals surface area contributed by atoms with Crippen molar-refractivity contribution in [2.24, 2.45) is 0 Å². The van der Waals surface area contributed by atoms with Gasteiger partial charge in [-0.25, -0.2) is 0 Å². The highest BCUT2D eigenvalue weighted by atomic mass is 16.3. The van der Waals surface area contributed by atoms with Crippen molar-refractivity contribution in [2.45, 2.75) is 25.9 Å². The molecule has 0 spiro atoms. The summed E-state index contributed by atoms with van der Waals surface area (Å²) in [6, 6.07) is 0. The number of β-amino-alcohol motifs (C(OH)–C–C–N with tert-alkyl or cyclic N) is 1. The highest BCUT2D eigenvalue weighted by molar-refractivity contribution is 6.01. The molecule has 0 aromatic carbocycles. The van der Waals surface area contributed by atoms with E-state index in [1.165, 1.54) is 0 Å². The van der Waals surface area contributed by atoms with E-state index >= 15 is 0 Å². The fourth-order valence-corrected chi connectivity index (χ4v) is 1.09. The van der Waals surface area contributed by atoms with Gasteiger partial charge in [-0.1, -0.05) is 0 Å². The zero-order chi connectivity index (χ0) is 8.43. The third-order valence-corrected chi connectivity index (χ3v) is 1.60. The second-order valence-corrected chi connectivity index (χ2v) is 2.75. The molecule has 0 aromatic rings. The molecule has 1 N–H and O–H groups in total. The average Bonchev–Trinajstić information content (AvgIpc) is 2.18. The molecule has 1 saturated heterocycles. The second kappa shape index (κ2) is 3.00. The van der Waals surface area contributed by atoms with Gasteiger partial charge in [0.15, 0.2) is 0 Å². The molecule has 0 bridgehead atoms. The van der Waals surface area contributed by atoms with Crippen LogP contribution in [0.1, 0.15) is 19.8 Å². The molecule has 62 valence electrons. The quantitative estimate of drug-likeness (QED) is 0.550. The van der Waals surface area contributed by atoms with Crippen LogP contribution < -0.4 is 0 Å². The second-order valence-electron chi connectivity index (χ2n) is 2.75. The Morgan fingerprint density at radius 3 is 2.27 bits per heavy atom. The Balaban J connectivity index is 2.55. The number of rotatable bonds is 2. The van der Waals surface area contributed by atoms with E-state index in [1.807, 2.05) is 0 Å². The van der Waals surface area contributed by atoms with Crippen LogP contribution in [0.15, 0.2) is 0 Å². The van der Waals surface area contributed by atoms with Crippen molar-refractivity contribution in [3.63, 3.8) is 0 Å². The molecule has 0 aliphatic carbocycles. The van der Waals surface area contributed by atoms with Crippen molar-refractivity contribution < 1.29 is 14.7 Å². The lowest BCUT2D eigenvalue weighted by Crippen LogP contribution is -2.35. The summed E-state index contributed by atoms with van der Waals surface area (Å²) in [5.74, 6) is -0.341. The first kappa shape index (κ1) is 8.20. The molecule has 2 amide bonds. The topological polar surface area (TPSA) is 57.6 Å². The fraction of sp³-hybridized carbons (Fsp3) is 0.714. The minimum Gasteiger partial charge on any atom is -0.392 e. The van der Waals surface area contributed by atoms with Gasteiger partial charge in [0.1, 0.15) is 0 Å². The predicted octanol–water partition coefficient (Wildman–Crippen LogP) is -0.484. The van der Waals surface area contributed by atoms with Crippen molar-refractivity contribution in [1.29, 1.82) is 0 Å². The number of carbonyl (C=O) groups is 2. The number of aliphatic hydroxyl groups excluding tert-OH is 1. The molecule has 1 atom stereocenters. The number of imide groups is 1. The van der Waals surface area contributed by atoms with Crippen LogP contribution in [-0.2, 0) is 9.59 Å². The molecule has 11 heavy (non-hydrogen) atoms. The van der Waals surface area contributed by atoms with Crippen molar-refractivity contribution >= 4 is 11.8 Å². The van der Waals surface area contributed by atoms with Crippen LogP contribution in [0, 0.1) is 0 Å². The Kier molecular flexibility index (Phi) is 2.24. The van der Waals surface area contributed by atoms with Crippen molar-refractivity contribution in [1.82, 2.24) is 4.90 Å². The number of aliphatic hydroxyl groups is 1. The lowest BCUT2D eigenvalue weighted by atomic mass is 10.4. The normalized spacial score (nSPS) is 21.1. The van der Waals surface area contributed by atoms with E-state index in [0.29, 0.717) is 12.8 Å². The summed E-state index contributed by atoms with van der Waals surface area (Å²) in [7, 11) is 0. The minimum atomic E-state index is -0.624. The third kappa shape index (κ3) is 1.77. The molecule has 1 aliphatic heterocycles. The average molecular weight is 157 g/mol. The molecule has 0 aromatic heterocycles. The third-order valence-electron chi connectivity index (χ3n) is 1.60. The summed E-state index contributed by atoms with van der Waals surface area (Å²) < 4.78 is 0. The number of hydrogen-bond acceptors (Lipinski definition) is 3. The first-order valence-corrected chi connectivity index (χ1v) is 3.62. The Labute approximate surface area is 64.8 Å². The lowest BCUT2D eigenvalue weighted by Gasteiger charge is -2.14. The van der Waals surface area contributed by atoms with Gasteiger partial charge in [-0.3, -0.25) is 14.5 Å². The Morgan fingerprint density at radius 2 is 1.91 bits per heavy atom. The number of hydrogen-bond donors (Lipinski definition) is 1. The van der Waals surface area contributed by atoms with Gasteiger partial charge in [0.25, 0.3) is 0 Å². The van der Waals surface area contributed by atoms with Gasteiger partial charge in [-0.15, -0.1) is 0 Å². The van der Waals surface area contributed by atoms with Gasteiger partial charge in [0.2, 0.25) is 11.8 Å². The molecule has 1 aliphatic rings. The largest absolute Gasteiger partial charge is 0.392 e. The van der Waals surface area contributed by atoms with Gasteiger partial charge in [0, 0.05) is 12.8 Å². The Bertz CT molecular complexity index is 172. The predicted molar refractivity (Wildman–Crippen MR) is 37.6 cm³/mol. The first-order chi connectivity index (χ1) is 5.11. The van der Waals surface area contributed by atoms with Crippen LogP contribution in [0.2, 0.25) is 0 Å². The molecule has 0 saturated carbocycles. The van der Waals surface area contributed by atoms with Crippen LogP contribution in [0.3, 0.4) is 0 Å². The number of amides is 2. The zero-order valence-corrected chi connectivity index (χ0v) is 6.41. The summed E-state index contributed by atoms with van der Waals surface area (Å²) in [5.41, 5.74) is 0. The van der Waals surface area contributed by atoms with Gasteiger partial charge >= 0.3 is 0 Å². The van der Waals surface area contributed by atoms with E-state index in [4.69, 9.17) is 5.11 Å². The van der Waals surface area contributed by atoms with Gasteiger partial charge in [-0.05, 0) is 6.92 Å². The number of likely N-dealkylation sites (tertiary alicyclic amines) is 1. The number of nitrogens with zero attached hydrogens (tertiary/aromatic N) is 1. The van der Waals surface area contributed by atoms with Crippen molar-refractivity contribution in [2.75, 3.05) is 6.54 Å². The van der Waals surface area contributed by atoms with Crippen LogP contribution in [-0.4, -0.2) is 34.5 Å². The molecule has 1 heterocycles. The van der Waals surface area contributed by atoms with E-state index in [-0.39, 0.29) is 18.4 Å². The van der Waals surface area contributed by atoms with Crippen LogP contribution in [0.25, 0.3) is 0 Å². The van der Waals surface area contributed by atoms with Crippen LogP contribution in [0.4, 0.5) is 0 Å². The SMILES string of the molecule is C[C@@H](O)CN1C(=O)CCC1=O. The van der Waals surface area contributed by atoms with E-state index in [9.17, 15) is 9.59 Å². The summed E-state index contributed by atoms with van der Waals surface area (Å²) in [6.07, 6.45) is -0.0297. The molecule has 4 nitrogen and oxygen atoms in total. The summed E-state index contributed by atoms with van der Waals surface area (Å²) in [6.45, 7) is 1.69. The van der Waals surface area contributed by atoms with E-state index in [2.05, 4.69) is 0 Å². The van der Waals surface area contributed by atoms with Crippen LogP contribution in [0.5, 0.6) is 0 Å². The molecule has 0 radical (unpaired) electrons. The van der Waals surface area contributed by atoms with E-state index < -0.39 is 6.10 Å². The summed E-state index contributed by atoms with van der Waals surface area (Å²) in [4.78, 5) is 22.9. The molecular weight excluding hydrogens is 146 g/mol. The van der Waals surface area contributed by atoms with Gasteiger partial charge in [-0.2, -0.15) is 0 Å². The maximum absolute atomic E-state index is 10.9. The summed E-state index contributed by atoms with van der Waals surface area (Å²) in [5, 5.41) is 8.90.